The highest BCUT2D eigenvalue weighted by Gasteiger charge is 2.19. The van der Waals surface area contributed by atoms with Crippen molar-refractivity contribution in [3.05, 3.63) is 0 Å². The lowest BCUT2D eigenvalue weighted by atomic mass is 10.3. The summed E-state index contributed by atoms with van der Waals surface area (Å²) in [5.74, 6) is 1.04. The zero-order valence-electron chi connectivity index (χ0n) is 7.49. The van der Waals surface area contributed by atoms with Crippen molar-refractivity contribution in [2.75, 3.05) is 26.0 Å². The molecule has 0 aliphatic carbocycles. The highest BCUT2D eigenvalue weighted by atomic mass is 35.5. The van der Waals surface area contributed by atoms with Gasteiger partial charge in [0.15, 0.2) is 0 Å². The SMILES string of the molecule is CON=C1CCN(C(=N)CS)C1.Cl. The van der Waals surface area contributed by atoms with Gasteiger partial charge in [-0.3, -0.25) is 5.41 Å². The quantitative estimate of drug-likeness (QED) is 0.318. The van der Waals surface area contributed by atoms with Gasteiger partial charge in [-0.05, 0) is 0 Å². The Morgan fingerprint density at radius 3 is 3.00 bits per heavy atom. The van der Waals surface area contributed by atoms with Crippen LogP contribution < -0.4 is 0 Å². The minimum Gasteiger partial charge on any atom is -0.399 e. The van der Waals surface area contributed by atoms with Gasteiger partial charge in [-0.15, -0.1) is 12.4 Å². The number of likely N-dealkylation sites (tertiary alicyclic amines) is 1. The van der Waals surface area contributed by atoms with Crippen molar-refractivity contribution in [2.45, 2.75) is 6.42 Å². The molecule has 0 aromatic carbocycles. The number of hydrogen-bond acceptors (Lipinski definition) is 4. The molecule has 76 valence electrons. The second kappa shape index (κ2) is 6.10. The molecular weight excluding hydrogens is 210 g/mol. The van der Waals surface area contributed by atoms with E-state index >= 15 is 0 Å². The summed E-state index contributed by atoms with van der Waals surface area (Å²) in [6.45, 7) is 1.58. The van der Waals surface area contributed by atoms with Crippen LogP contribution in [0, 0.1) is 5.41 Å². The molecule has 0 spiro atoms. The Bertz CT molecular complexity index is 210. The molecule has 1 fully saturated rings. The minimum atomic E-state index is 0. The Balaban J connectivity index is 0.00000144. The van der Waals surface area contributed by atoms with Crippen LogP contribution >= 0.6 is 25.0 Å². The number of thiol groups is 1. The summed E-state index contributed by atoms with van der Waals surface area (Å²) in [6.07, 6.45) is 0.893. The summed E-state index contributed by atoms with van der Waals surface area (Å²) >= 11 is 4.04. The van der Waals surface area contributed by atoms with Gasteiger partial charge in [-0.1, -0.05) is 5.16 Å². The van der Waals surface area contributed by atoms with Crippen molar-refractivity contribution < 1.29 is 4.84 Å². The molecule has 0 aromatic heterocycles. The van der Waals surface area contributed by atoms with Crippen LogP contribution in [0.1, 0.15) is 6.42 Å². The summed E-state index contributed by atoms with van der Waals surface area (Å²) in [7, 11) is 1.54. The van der Waals surface area contributed by atoms with Crippen molar-refractivity contribution >= 4 is 36.6 Å². The summed E-state index contributed by atoms with van der Waals surface area (Å²) < 4.78 is 0. The molecule has 6 heteroatoms. The normalized spacial score (nSPS) is 18.6. The first-order chi connectivity index (χ1) is 5.77. The molecule has 0 radical (unpaired) electrons. The van der Waals surface area contributed by atoms with Crippen LogP contribution in [0.15, 0.2) is 5.16 Å². The fraction of sp³-hybridized carbons (Fsp3) is 0.714. The molecular formula is C7H14ClN3OS. The Morgan fingerprint density at radius 2 is 2.46 bits per heavy atom. The fourth-order valence-corrected chi connectivity index (χ4v) is 1.38. The number of hydrogen-bond donors (Lipinski definition) is 2. The number of nitrogens with zero attached hydrogens (tertiary/aromatic N) is 2. The fourth-order valence-electron chi connectivity index (χ4n) is 1.18. The largest absolute Gasteiger partial charge is 0.399 e. The van der Waals surface area contributed by atoms with E-state index in [1.807, 2.05) is 4.90 Å². The molecule has 0 bridgehead atoms. The highest BCUT2D eigenvalue weighted by molar-refractivity contribution is 7.81. The third-order valence-electron chi connectivity index (χ3n) is 1.80. The Morgan fingerprint density at radius 1 is 1.77 bits per heavy atom. The first kappa shape index (κ1) is 12.6. The molecule has 1 saturated heterocycles. The monoisotopic (exact) mass is 223 g/mol. The Hall–Kier alpha value is -0.420. The topological polar surface area (TPSA) is 48.7 Å². The van der Waals surface area contributed by atoms with Gasteiger partial charge >= 0.3 is 0 Å². The number of rotatable bonds is 2. The van der Waals surface area contributed by atoms with E-state index in [9.17, 15) is 0 Å². The number of halogens is 1. The van der Waals surface area contributed by atoms with Crippen LogP contribution in [0.25, 0.3) is 0 Å². The van der Waals surface area contributed by atoms with Crippen molar-refractivity contribution in [1.82, 2.24) is 4.90 Å². The van der Waals surface area contributed by atoms with E-state index < -0.39 is 0 Å². The third-order valence-corrected chi connectivity index (χ3v) is 2.10. The van der Waals surface area contributed by atoms with Crippen LogP contribution in [0.2, 0.25) is 0 Å². The predicted octanol–water partition coefficient (Wildman–Crippen LogP) is 1.02. The van der Waals surface area contributed by atoms with E-state index in [4.69, 9.17) is 5.41 Å². The molecule has 1 N–H and O–H groups in total. The summed E-state index contributed by atoms with van der Waals surface area (Å²) in [5.41, 5.74) is 1.00. The van der Waals surface area contributed by atoms with Crippen molar-refractivity contribution in [1.29, 1.82) is 5.41 Å². The first-order valence-corrected chi connectivity index (χ1v) is 4.43. The molecule has 0 atom stereocenters. The van der Waals surface area contributed by atoms with Crippen LogP contribution in [0.4, 0.5) is 0 Å². The number of oxime groups is 1. The van der Waals surface area contributed by atoms with E-state index in [-0.39, 0.29) is 12.4 Å². The molecule has 0 aromatic rings. The van der Waals surface area contributed by atoms with Crippen LogP contribution in [-0.2, 0) is 4.84 Å². The maximum Gasteiger partial charge on any atom is 0.106 e. The van der Waals surface area contributed by atoms with Gasteiger partial charge in [0.2, 0.25) is 0 Å². The second-order valence-corrected chi connectivity index (χ2v) is 2.93. The molecule has 0 saturated carbocycles. The zero-order chi connectivity index (χ0) is 8.97. The van der Waals surface area contributed by atoms with Gasteiger partial charge in [0, 0.05) is 18.7 Å². The third kappa shape index (κ3) is 3.44. The number of nitrogens with one attached hydrogen (secondary N) is 1. The standard InChI is InChI=1S/C7H13N3OS.ClH/c1-11-9-6-2-3-10(4-6)7(8)5-12;/h8,12H,2-5H2,1H3;1H. The lowest BCUT2D eigenvalue weighted by Gasteiger charge is -2.15. The maximum absolute atomic E-state index is 7.51. The molecule has 1 rings (SSSR count). The van der Waals surface area contributed by atoms with Crippen molar-refractivity contribution in [3.63, 3.8) is 0 Å². The average molecular weight is 224 g/mol. The Labute approximate surface area is 89.6 Å². The highest BCUT2D eigenvalue weighted by Crippen LogP contribution is 2.07. The van der Waals surface area contributed by atoms with Crippen LogP contribution in [-0.4, -0.2) is 42.4 Å². The molecule has 13 heavy (non-hydrogen) atoms. The smallest absolute Gasteiger partial charge is 0.106 e. The van der Waals surface area contributed by atoms with Gasteiger partial charge in [0.1, 0.15) is 12.9 Å². The van der Waals surface area contributed by atoms with Gasteiger partial charge in [0.05, 0.1) is 12.3 Å². The molecule has 1 aliphatic heterocycles. The summed E-state index contributed by atoms with van der Waals surface area (Å²) in [5, 5.41) is 11.4. The lowest BCUT2D eigenvalue weighted by Crippen LogP contribution is -2.29. The van der Waals surface area contributed by atoms with Gasteiger partial charge < -0.3 is 9.74 Å². The average Bonchev–Trinajstić information content (AvgIpc) is 2.52. The van der Waals surface area contributed by atoms with Gasteiger partial charge in [0.25, 0.3) is 0 Å². The predicted molar refractivity (Wildman–Crippen MR) is 59.5 cm³/mol. The Kier molecular flexibility index (Phi) is 5.90. The van der Waals surface area contributed by atoms with Crippen molar-refractivity contribution in [3.8, 4) is 0 Å². The summed E-state index contributed by atoms with van der Waals surface area (Å²) in [4.78, 5) is 6.61. The van der Waals surface area contributed by atoms with E-state index in [0.29, 0.717) is 18.1 Å². The lowest BCUT2D eigenvalue weighted by molar-refractivity contribution is 0.212. The van der Waals surface area contributed by atoms with E-state index in [1.54, 1.807) is 7.11 Å². The van der Waals surface area contributed by atoms with E-state index in [1.165, 1.54) is 0 Å². The van der Waals surface area contributed by atoms with Crippen LogP contribution in [0.3, 0.4) is 0 Å². The maximum atomic E-state index is 7.51. The van der Waals surface area contributed by atoms with Gasteiger partial charge in [-0.25, -0.2) is 0 Å². The molecule has 0 amide bonds. The van der Waals surface area contributed by atoms with Crippen LogP contribution in [0.5, 0.6) is 0 Å². The zero-order valence-corrected chi connectivity index (χ0v) is 9.20. The first-order valence-electron chi connectivity index (χ1n) is 3.80. The minimum absolute atomic E-state index is 0. The van der Waals surface area contributed by atoms with E-state index in [2.05, 4.69) is 22.6 Å². The summed E-state index contributed by atoms with van der Waals surface area (Å²) in [6, 6.07) is 0. The molecule has 4 nitrogen and oxygen atoms in total. The number of amidine groups is 1. The van der Waals surface area contributed by atoms with Gasteiger partial charge in [-0.2, -0.15) is 12.6 Å². The molecule has 1 aliphatic rings. The van der Waals surface area contributed by atoms with E-state index in [0.717, 1.165) is 18.7 Å². The molecule has 1 heterocycles. The molecule has 0 unspecified atom stereocenters. The second-order valence-electron chi connectivity index (χ2n) is 2.62. The van der Waals surface area contributed by atoms with Crippen molar-refractivity contribution in [2.24, 2.45) is 5.16 Å².